The molecule has 8 heteroatoms. The van der Waals surface area contributed by atoms with Crippen molar-refractivity contribution >= 4 is 21.6 Å². The van der Waals surface area contributed by atoms with Gasteiger partial charge in [0.25, 0.3) is 5.91 Å². The number of nitrogens with zero attached hydrogens (tertiary/aromatic N) is 1. The Hall–Kier alpha value is -2.45. The highest BCUT2D eigenvalue weighted by molar-refractivity contribution is 7.89. The van der Waals surface area contributed by atoms with Gasteiger partial charge >= 0.3 is 0 Å². The lowest BCUT2D eigenvalue weighted by molar-refractivity contribution is -0.122. The predicted molar refractivity (Wildman–Crippen MR) is 109 cm³/mol. The van der Waals surface area contributed by atoms with Crippen LogP contribution < -0.4 is 10.1 Å². The fraction of sp³-hybridized carbons (Fsp3) is 0.381. The first-order valence-corrected chi connectivity index (χ1v) is 11.2. The third-order valence-electron chi connectivity index (χ3n) is 4.84. The molecule has 0 radical (unpaired) electrons. The van der Waals surface area contributed by atoms with Gasteiger partial charge < -0.3 is 10.1 Å². The number of hydrogen-bond acceptors (Lipinski definition) is 4. The van der Waals surface area contributed by atoms with E-state index in [0.29, 0.717) is 25.2 Å². The Morgan fingerprint density at radius 1 is 1.10 bits per heavy atom. The summed E-state index contributed by atoms with van der Waals surface area (Å²) in [4.78, 5) is 12.7. The van der Waals surface area contributed by atoms with Crippen LogP contribution in [0.2, 0.25) is 0 Å². The van der Waals surface area contributed by atoms with Gasteiger partial charge in [0.2, 0.25) is 10.0 Å². The quantitative estimate of drug-likeness (QED) is 0.739. The first kappa shape index (κ1) is 21.3. The molecule has 1 atom stereocenters. The summed E-state index contributed by atoms with van der Waals surface area (Å²) in [7, 11) is -3.52. The highest BCUT2D eigenvalue weighted by atomic mass is 32.2. The molecule has 1 aliphatic rings. The van der Waals surface area contributed by atoms with Gasteiger partial charge in [-0.25, -0.2) is 12.8 Å². The fourth-order valence-electron chi connectivity index (χ4n) is 3.20. The summed E-state index contributed by atoms with van der Waals surface area (Å²) in [5.41, 5.74) is 0.447. The van der Waals surface area contributed by atoms with Crippen LogP contribution in [-0.4, -0.2) is 37.8 Å². The predicted octanol–water partition coefficient (Wildman–Crippen LogP) is 3.80. The summed E-state index contributed by atoms with van der Waals surface area (Å²) in [5.74, 6) is -0.953. The molecule has 1 N–H and O–H groups in total. The molecule has 0 saturated carbocycles. The van der Waals surface area contributed by atoms with E-state index in [1.807, 2.05) is 0 Å². The highest BCUT2D eigenvalue weighted by Gasteiger charge is 2.26. The summed E-state index contributed by atoms with van der Waals surface area (Å²) in [6.45, 7) is 2.83. The number of hydrogen-bond donors (Lipinski definition) is 1. The minimum atomic E-state index is -3.52. The second-order valence-corrected chi connectivity index (χ2v) is 8.86. The number of nitrogens with one attached hydrogen (secondary N) is 1. The van der Waals surface area contributed by atoms with Crippen molar-refractivity contribution in [3.05, 3.63) is 54.3 Å². The number of benzene rings is 2. The molecule has 1 amide bonds. The van der Waals surface area contributed by atoms with E-state index in [4.69, 9.17) is 4.74 Å². The van der Waals surface area contributed by atoms with Crippen LogP contribution >= 0.6 is 0 Å². The summed E-state index contributed by atoms with van der Waals surface area (Å²) >= 11 is 0. The van der Waals surface area contributed by atoms with Gasteiger partial charge in [-0.2, -0.15) is 4.31 Å². The maximum Gasteiger partial charge on any atom is 0.265 e. The maximum atomic E-state index is 13.8. The number of halogens is 1. The number of para-hydroxylation sites is 1. The minimum absolute atomic E-state index is 0.0115. The number of ether oxygens (including phenoxy) is 1. The van der Waals surface area contributed by atoms with Crippen LogP contribution in [0.1, 0.15) is 32.6 Å². The van der Waals surface area contributed by atoms with Crippen molar-refractivity contribution in [2.45, 2.75) is 43.6 Å². The number of sulfonamides is 1. The molecule has 0 bridgehead atoms. The van der Waals surface area contributed by atoms with Gasteiger partial charge in [0.05, 0.1) is 4.90 Å². The molecule has 2 aromatic rings. The molecule has 2 aromatic carbocycles. The Labute approximate surface area is 170 Å². The van der Waals surface area contributed by atoms with Crippen LogP contribution in [0, 0.1) is 5.82 Å². The molecule has 29 heavy (non-hydrogen) atoms. The van der Waals surface area contributed by atoms with Crippen molar-refractivity contribution in [3.63, 3.8) is 0 Å². The molecule has 156 valence electrons. The van der Waals surface area contributed by atoms with E-state index >= 15 is 0 Å². The third-order valence-corrected chi connectivity index (χ3v) is 6.76. The molecular weight excluding hydrogens is 395 g/mol. The molecule has 1 fully saturated rings. The van der Waals surface area contributed by atoms with E-state index in [1.165, 1.54) is 28.6 Å². The van der Waals surface area contributed by atoms with Crippen LogP contribution in [0.4, 0.5) is 10.1 Å². The van der Waals surface area contributed by atoms with E-state index in [2.05, 4.69) is 5.32 Å². The molecule has 1 unspecified atom stereocenters. The number of amides is 1. The van der Waals surface area contributed by atoms with E-state index in [0.717, 1.165) is 19.3 Å². The largest absolute Gasteiger partial charge is 0.478 e. The second-order valence-electron chi connectivity index (χ2n) is 6.92. The SMILES string of the molecule is CCC(Oc1ccccc1F)C(=O)Nc1ccc(S(=O)(=O)N2CCCCC2)cc1. The van der Waals surface area contributed by atoms with Gasteiger partial charge in [0.15, 0.2) is 17.7 Å². The van der Waals surface area contributed by atoms with E-state index < -0.39 is 27.9 Å². The van der Waals surface area contributed by atoms with Gasteiger partial charge in [0, 0.05) is 18.8 Å². The Bertz CT molecular complexity index is 941. The third kappa shape index (κ3) is 5.13. The first-order chi connectivity index (χ1) is 13.9. The molecule has 6 nitrogen and oxygen atoms in total. The summed E-state index contributed by atoms with van der Waals surface area (Å²) in [6, 6.07) is 12.0. The highest BCUT2D eigenvalue weighted by Crippen LogP contribution is 2.23. The number of rotatable bonds is 7. The standard InChI is InChI=1S/C21H25FN2O4S/c1-2-19(28-20-9-5-4-8-18(20)22)21(25)23-16-10-12-17(13-11-16)29(26,27)24-14-6-3-7-15-24/h4-5,8-13,19H,2-3,6-7,14-15H2,1H3,(H,23,25). The molecule has 0 aromatic heterocycles. The van der Waals surface area contributed by atoms with Gasteiger partial charge in [-0.1, -0.05) is 25.5 Å². The summed E-state index contributed by atoms with van der Waals surface area (Å²) < 4.78 is 46.2. The zero-order valence-corrected chi connectivity index (χ0v) is 17.1. The van der Waals surface area contributed by atoms with Crippen molar-refractivity contribution in [1.82, 2.24) is 4.31 Å². The maximum absolute atomic E-state index is 13.8. The lowest BCUT2D eigenvalue weighted by Gasteiger charge is -2.26. The van der Waals surface area contributed by atoms with Gasteiger partial charge in [0.1, 0.15) is 0 Å². The van der Waals surface area contributed by atoms with Gasteiger partial charge in [-0.05, 0) is 55.7 Å². The number of carbonyl (C=O) groups is 1. The van der Waals surface area contributed by atoms with E-state index in [-0.39, 0.29) is 10.6 Å². The smallest absolute Gasteiger partial charge is 0.265 e. The summed E-state index contributed by atoms with van der Waals surface area (Å²) in [6.07, 6.45) is 2.26. The second kappa shape index (κ2) is 9.37. The average Bonchev–Trinajstić information content (AvgIpc) is 2.74. The first-order valence-electron chi connectivity index (χ1n) is 9.74. The lowest BCUT2D eigenvalue weighted by Crippen LogP contribution is -2.35. The van der Waals surface area contributed by atoms with Crippen LogP contribution in [0.25, 0.3) is 0 Å². The number of piperidine rings is 1. The topological polar surface area (TPSA) is 75.7 Å². The molecule has 0 aliphatic carbocycles. The van der Waals surface area contributed by atoms with Crippen molar-refractivity contribution < 1.29 is 22.3 Å². The van der Waals surface area contributed by atoms with Crippen LogP contribution in [-0.2, 0) is 14.8 Å². The molecule has 1 heterocycles. The Morgan fingerprint density at radius 3 is 2.38 bits per heavy atom. The van der Waals surface area contributed by atoms with Crippen molar-refractivity contribution in [2.24, 2.45) is 0 Å². The molecule has 1 aliphatic heterocycles. The zero-order valence-electron chi connectivity index (χ0n) is 16.3. The van der Waals surface area contributed by atoms with E-state index in [1.54, 1.807) is 31.2 Å². The van der Waals surface area contributed by atoms with Crippen molar-refractivity contribution in [3.8, 4) is 5.75 Å². The molecule has 3 rings (SSSR count). The fourth-order valence-corrected chi connectivity index (χ4v) is 4.72. The Kier molecular flexibility index (Phi) is 6.87. The van der Waals surface area contributed by atoms with Crippen LogP contribution in [0.15, 0.2) is 53.4 Å². The van der Waals surface area contributed by atoms with Crippen LogP contribution in [0.5, 0.6) is 5.75 Å². The Balaban J connectivity index is 1.66. The molecule has 1 saturated heterocycles. The summed E-state index contributed by atoms with van der Waals surface area (Å²) in [5, 5.41) is 2.70. The van der Waals surface area contributed by atoms with E-state index in [9.17, 15) is 17.6 Å². The number of anilines is 1. The Morgan fingerprint density at radius 2 is 1.76 bits per heavy atom. The molecular formula is C21H25FN2O4S. The lowest BCUT2D eigenvalue weighted by atomic mass is 10.2. The average molecular weight is 421 g/mol. The van der Waals surface area contributed by atoms with Crippen LogP contribution in [0.3, 0.4) is 0 Å². The van der Waals surface area contributed by atoms with Gasteiger partial charge in [-0.3, -0.25) is 4.79 Å². The zero-order chi connectivity index (χ0) is 20.9. The number of carbonyl (C=O) groups excluding carboxylic acids is 1. The monoisotopic (exact) mass is 420 g/mol. The normalized spacial score (nSPS) is 16.2. The minimum Gasteiger partial charge on any atom is -0.478 e. The van der Waals surface area contributed by atoms with Crippen molar-refractivity contribution in [1.29, 1.82) is 0 Å². The van der Waals surface area contributed by atoms with Crippen molar-refractivity contribution in [2.75, 3.05) is 18.4 Å². The molecule has 0 spiro atoms. The van der Waals surface area contributed by atoms with Gasteiger partial charge in [-0.15, -0.1) is 0 Å².